The van der Waals surface area contributed by atoms with Gasteiger partial charge in [0.2, 0.25) is 0 Å². The molecule has 2 heterocycles. The van der Waals surface area contributed by atoms with Crippen LogP contribution >= 0.6 is 11.3 Å². The zero-order valence-electron chi connectivity index (χ0n) is 12.0. The zero-order chi connectivity index (χ0) is 13.1. The largest absolute Gasteiger partial charge is 0.314 e. The van der Waals surface area contributed by atoms with Crippen molar-refractivity contribution < 1.29 is 0 Å². The van der Waals surface area contributed by atoms with Gasteiger partial charge in [-0.15, -0.1) is 11.3 Å². The number of nitrogens with one attached hydrogen (secondary N) is 2. The van der Waals surface area contributed by atoms with Crippen LogP contribution in [0.2, 0.25) is 0 Å². The van der Waals surface area contributed by atoms with Gasteiger partial charge >= 0.3 is 0 Å². The number of hydrogen-bond donors (Lipinski definition) is 2. The Bertz CT molecular complexity index is 385. The zero-order valence-corrected chi connectivity index (χ0v) is 12.8. The van der Waals surface area contributed by atoms with Gasteiger partial charge < -0.3 is 10.6 Å². The molecule has 2 atom stereocenters. The molecule has 3 heteroatoms. The fourth-order valence-corrected chi connectivity index (χ4v) is 4.60. The highest BCUT2D eigenvalue weighted by Gasteiger charge is 2.17. The average molecular weight is 278 g/mol. The molecule has 0 aromatic carbocycles. The normalized spacial score (nSPS) is 24.4. The van der Waals surface area contributed by atoms with Crippen LogP contribution in [0.25, 0.3) is 0 Å². The highest BCUT2D eigenvalue weighted by Crippen LogP contribution is 2.30. The molecule has 2 unspecified atom stereocenters. The summed E-state index contributed by atoms with van der Waals surface area (Å²) in [6, 6.07) is 3.79. The van der Waals surface area contributed by atoms with Gasteiger partial charge in [0.1, 0.15) is 0 Å². The van der Waals surface area contributed by atoms with Crippen molar-refractivity contribution in [2.75, 3.05) is 6.54 Å². The Morgan fingerprint density at radius 3 is 3.11 bits per heavy atom. The Kier molecular flexibility index (Phi) is 4.57. The Hall–Kier alpha value is -0.380. The molecule has 0 amide bonds. The van der Waals surface area contributed by atoms with E-state index in [1.807, 2.05) is 11.3 Å². The molecular formula is C16H26N2S. The monoisotopic (exact) mass is 278 g/mol. The van der Waals surface area contributed by atoms with E-state index in [9.17, 15) is 0 Å². The maximum atomic E-state index is 3.71. The number of piperidine rings is 1. The van der Waals surface area contributed by atoms with Crippen LogP contribution in [0.5, 0.6) is 0 Å². The lowest BCUT2D eigenvalue weighted by molar-refractivity contribution is 0.345. The van der Waals surface area contributed by atoms with E-state index < -0.39 is 0 Å². The van der Waals surface area contributed by atoms with E-state index in [0.717, 1.165) is 12.6 Å². The number of fused-ring (bicyclic) bond motifs is 1. The Labute approximate surface area is 121 Å². The van der Waals surface area contributed by atoms with Crippen LogP contribution in [-0.2, 0) is 19.4 Å². The van der Waals surface area contributed by atoms with Crippen LogP contribution < -0.4 is 10.6 Å². The van der Waals surface area contributed by atoms with Crippen LogP contribution in [0.4, 0.5) is 0 Å². The van der Waals surface area contributed by atoms with E-state index in [4.69, 9.17) is 0 Å². The number of hydrogen-bond acceptors (Lipinski definition) is 3. The molecule has 3 rings (SSSR count). The van der Waals surface area contributed by atoms with Crippen molar-refractivity contribution in [2.24, 2.45) is 0 Å². The topological polar surface area (TPSA) is 24.1 Å². The molecular weight excluding hydrogens is 252 g/mol. The van der Waals surface area contributed by atoms with Gasteiger partial charge in [-0.05, 0) is 63.6 Å². The van der Waals surface area contributed by atoms with Crippen molar-refractivity contribution in [1.29, 1.82) is 0 Å². The number of thiophene rings is 1. The van der Waals surface area contributed by atoms with Crippen molar-refractivity contribution in [1.82, 2.24) is 10.6 Å². The first-order chi connectivity index (χ1) is 9.31. The van der Waals surface area contributed by atoms with E-state index in [0.29, 0.717) is 6.04 Å². The summed E-state index contributed by atoms with van der Waals surface area (Å²) in [4.78, 5) is 3.19. The summed E-state index contributed by atoms with van der Waals surface area (Å²) in [5, 5.41) is 7.35. The summed E-state index contributed by atoms with van der Waals surface area (Å²) in [6.07, 6.45) is 9.40. The van der Waals surface area contributed by atoms with E-state index in [-0.39, 0.29) is 0 Å². The summed E-state index contributed by atoms with van der Waals surface area (Å²) in [6.45, 7) is 4.61. The summed E-state index contributed by atoms with van der Waals surface area (Å²) in [7, 11) is 0. The second-order valence-electron chi connectivity index (χ2n) is 6.18. The van der Waals surface area contributed by atoms with Crippen LogP contribution in [-0.4, -0.2) is 18.6 Å². The summed E-state index contributed by atoms with van der Waals surface area (Å²) < 4.78 is 0. The van der Waals surface area contributed by atoms with Crippen molar-refractivity contribution >= 4 is 11.3 Å². The summed E-state index contributed by atoms with van der Waals surface area (Å²) >= 11 is 2.03. The molecule has 1 saturated heterocycles. The third-order valence-electron chi connectivity index (χ3n) is 4.47. The fourth-order valence-electron chi connectivity index (χ4n) is 3.39. The molecule has 0 saturated carbocycles. The second kappa shape index (κ2) is 6.38. The van der Waals surface area contributed by atoms with Gasteiger partial charge in [-0.1, -0.05) is 6.42 Å². The molecule has 2 aliphatic rings. The van der Waals surface area contributed by atoms with Crippen molar-refractivity contribution in [3.8, 4) is 0 Å². The molecule has 1 aliphatic carbocycles. The number of aryl methyl sites for hydroxylation is 2. The second-order valence-corrected chi connectivity index (χ2v) is 7.40. The Morgan fingerprint density at radius 1 is 1.37 bits per heavy atom. The van der Waals surface area contributed by atoms with Crippen LogP contribution in [0.1, 0.15) is 54.3 Å². The van der Waals surface area contributed by atoms with Gasteiger partial charge in [-0.25, -0.2) is 0 Å². The molecule has 1 fully saturated rings. The molecule has 106 valence electrons. The minimum absolute atomic E-state index is 0.618. The van der Waals surface area contributed by atoms with Crippen molar-refractivity contribution in [3.63, 3.8) is 0 Å². The molecule has 0 bridgehead atoms. The maximum absolute atomic E-state index is 3.71. The molecule has 0 radical (unpaired) electrons. The first-order valence-electron chi connectivity index (χ1n) is 7.88. The Morgan fingerprint density at radius 2 is 2.32 bits per heavy atom. The van der Waals surface area contributed by atoms with E-state index in [1.54, 1.807) is 10.4 Å². The van der Waals surface area contributed by atoms with Gasteiger partial charge in [-0.2, -0.15) is 0 Å². The lowest BCUT2D eigenvalue weighted by atomic mass is 9.99. The van der Waals surface area contributed by atoms with Gasteiger partial charge in [0.05, 0.1) is 0 Å². The maximum Gasteiger partial charge on any atom is 0.0302 e. The molecule has 0 spiro atoms. The quantitative estimate of drug-likeness (QED) is 0.864. The molecule has 2 N–H and O–H groups in total. The van der Waals surface area contributed by atoms with Crippen LogP contribution in [0.15, 0.2) is 6.07 Å². The lowest BCUT2D eigenvalue weighted by Gasteiger charge is -2.26. The predicted octanol–water partition coefficient (Wildman–Crippen LogP) is 3.25. The third-order valence-corrected chi connectivity index (χ3v) is 5.71. The van der Waals surface area contributed by atoms with Gasteiger partial charge in [0.25, 0.3) is 0 Å². The smallest absolute Gasteiger partial charge is 0.0302 e. The molecule has 19 heavy (non-hydrogen) atoms. The van der Waals surface area contributed by atoms with Crippen molar-refractivity contribution in [2.45, 2.75) is 70.5 Å². The lowest BCUT2D eigenvalue weighted by Crippen LogP contribution is -2.39. The van der Waals surface area contributed by atoms with Gasteiger partial charge in [0.15, 0.2) is 0 Å². The first-order valence-corrected chi connectivity index (χ1v) is 8.70. The predicted molar refractivity (Wildman–Crippen MR) is 82.9 cm³/mol. The Balaban J connectivity index is 1.43. The van der Waals surface area contributed by atoms with E-state index >= 15 is 0 Å². The molecule has 1 aromatic heterocycles. The van der Waals surface area contributed by atoms with Crippen LogP contribution in [0.3, 0.4) is 0 Å². The highest BCUT2D eigenvalue weighted by atomic mass is 32.1. The minimum Gasteiger partial charge on any atom is -0.314 e. The first kappa shape index (κ1) is 13.6. The highest BCUT2D eigenvalue weighted by molar-refractivity contribution is 7.12. The molecule has 1 aromatic rings. The van der Waals surface area contributed by atoms with E-state index in [2.05, 4.69) is 23.6 Å². The number of rotatable bonds is 5. The molecule has 2 nitrogen and oxygen atoms in total. The van der Waals surface area contributed by atoms with Gasteiger partial charge in [0, 0.05) is 28.4 Å². The SMILES string of the molecule is CC(CC1CCCCN1)NCc1cc2c(s1)CCC2. The average Bonchev–Trinajstić information content (AvgIpc) is 2.98. The van der Waals surface area contributed by atoms with Gasteiger partial charge in [-0.3, -0.25) is 0 Å². The van der Waals surface area contributed by atoms with E-state index in [1.165, 1.54) is 56.4 Å². The fraction of sp³-hybridized carbons (Fsp3) is 0.750. The molecule has 1 aliphatic heterocycles. The third kappa shape index (κ3) is 3.59. The standard InChI is InChI=1S/C16H26N2S/c1-12(9-14-6-2-3-8-17-14)18-11-15-10-13-5-4-7-16(13)19-15/h10,12,14,17-18H,2-9,11H2,1H3. The minimum atomic E-state index is 0.618. The summed E-state index contributed by atoms with van der Waals surface area (Å²) in [5.74, 6) is 0. The summed E-state index contributed by atoms with van der Waals surface area (Å²) in [5.41, 5.74) is 1.63. The van der Waals surface area contributed by atoms with Crippen molar-refractivity contribution in [3.05, 3.63) is 21.4 Å². The van der Waals surface area contributed by atoms with Crippen LogP contribution in [0, 0.1) is 0 Å².